The molecule has 6 rings (SSSR count). The maximum absolute atomic E-state index is 12.2. The molecule has 0 unspecified atom stereocenters. The average Bonchev–Trinajstić information content (AvgIpc) is 3.66. The van der Waals surface area contributed by atoms with Crippen molar-refractivity contribution in [3.63, 3.8) is 0 Å². The number of aromatic nitrogens is 6. The molecule has 0 fully saturated rings. The van der Waals surface area contributed by atoms with Gasteiger partial charge in [0.05, 0.1) is 34.1 Å². The number of imidazole rings is 1. The Morgan fingerprint density at radius 3 is 2.83 bits per heavy atom. The van der Waals surface area contributed by atoms with E-state index in [9.17, 15) is 4.79 Å². The monoisotopic (exact) mass is 493 g/mol. The van der Waals surface area contributed by atoms with Crippen LogP contribution in [0.3, 0.4) is 0 Å². The van der Waals surface area contributed by atoms with Crippen LogP contribution in [0.5, 0.6) is 0 Å². The van der Waals surface area contributed by atoms with Gasteiger partial charge in [-0.05, 0) is 53.1 Å². The molecule has 0 bridgehead atoms. The number of anilines is 1. The molecule has 5 heterocycles. The number of amides is 1. The van der Waals surface area contributed by atoms with Crippen molar-refractivity contribution in [1.29, 1.82) is 0 Å². The van der Waals surface area contributed by atoms with E-state index >= 15 is 0 Å². The molecule has 36 heavy (non-hydrogen) atoms. The lowest BCUT2D eigenvalue weighted by Crippen LogP contribution is -2.11. The number of H-pyrrole nitrogens is 2. The number of unbranched alkanes of at least 4 members (excludes halogenated alkanes) is 1. The van der Waals surface area contributed by atoms with Crippen LogP contribution in [0.1, 0.15) is 26.2 Å². The highest BCUT2D eigenvalue weighted by atomic mass is 32.1. The summed E-state index contributed by atoms with van der Waals surface area (Å²) in [5.41, 5.74) is 8.42. The third-order valence-electron chi connectivity index (χ3n) is 6.05. The van der Waals surface area contributed by atoms with E-state index in [4.69, 9.17) is 9.97 Å². The Morgan fingerprint density at radius 1 is 1.03 bits per heavy atom. The van der Waals surface area contributed by atoms with Crippen molar-refractivity contribution >= 4 is 45.0 Å². The van der Waals surface area contributed by atoms with Crippen molar-refractivity contribution in [2.45, 2.75) is 26.2 Å². The maximum atomic E-state index is 12.2. The van der Waals surface area contributed by atoms with Gasteiger partial charge >= 0.3 is 0 Å². The van der Waals surface area contributed by atoms with E-state index < -0.39 is 0 Å². The second-order valence-electron chi connectivity index (χ2n) is 8.58. The molecule has 0 aliphatic rings. The molecular formula is C27H23N7OS. The summed E-state index contributed by atoms with van der Waals surface area (Å²) < 4.78 is 0. The second kappa shape index (κ2) is 9.35. The number of para-hydroxylation sites is 1. The van der Waals surface area contributed by atoms with Crippen LogP contribution >= 0.6 is 11.3 Å². The summed E-state index contributed by atoms with van der Waals surface area (Å²) in [5, 5.41) is 14.7. The Balaban J connectivity index is 1.37. The minimum Gasteiger partial charge on any atom is -0.336 e. The molecule has 1 amide bonds. The number of fused-ring (bicyclic) bond motifs is 2. The third-order valence-corrected chi connectivity index (χ3v) is 6.74. The number of benzene rings is 1. The van der Waals surface area contributed by atoms with E-state index in [0.29, 0.717) is 29.1 Å². The second-order valence-corrected chi connectivity index (χ2v) is 9.36. The van der Waals surface area contributed by atoms with Gasteiger partial charge in [-0.15, -0.1) is 0 Å². The van der Waals surface area contributed by atoms with Crippen LogP contribution in [-0.4, -0.2) is 36.0 Å². The van der Waals surface area contributed by atoms with Crippen LogP contribution in [-0.2, 0) is 4.79 Å². The number of hydrogen-bond donors (Lipinski definition) is 3. The zero-order valence-electron chi connectivity index (χ0n) is 19.6. The summed E-state index contributed by atoms with van der Waals surface area (Å²) in [6.45, 7) is 2.06. The Hall–Kier alpha value is -4.37. The van der Waals surface area contributed by atoms with Gasteiger partial charge in [0.15, 0.2) is 11.5 Å². The van der Waals surface area contributed by atoms with Crippen LogP contribution in [0.15, 0.2) is 65.6 Å². The number of carbonyl (C=O) groups excluding carboxylic acids is 1. The van der Waals surface area contributed by atoms with Gasteiger partial charge < -0.3 is 10.3 Å². The van der Waals surface area contributed by atoms with Gasteiger partial charge in [0.1, 0.15) is 5.52 Å². The summed E-state index contributed by atoms with van der Waals surface area (Å²) in [5.74, 6) is 0.640. The number of rotatable bonds is 7. The molecule has 9 heteroatoms. The first-order chi connectivity index (χ1) is 17.7. The highest BCUT2D eigenvalue weighted by Crippen LogP contribution is 2.32. The first kappa shape index (κ1) is 22.1. The zero-order valence-corrected chi connectivity index (χ0v) is 20.4. The highest BCUT2D eigenvalue weighted by molar-refractivity contribution is 7.08. The first-order valence-electron chi connectivity index (χ1n) is 11.8. The predicted octanol–water partition coefficient (Wildman–Crippen LogP) is 6.42. The lowest BCUT2D eigenvalue weighted by atomic mass is 10.1. The summed E-state index contributed by atoms with van der Waals surface area (Å²) in [4.78, 5) is 29.7. The smallest absolute Gasteiger partial charge is 0.224 e. The van der Waals surface area contributed by atoms with E-state index in [2.05, 4.69) is 55.3 Å². The number of pyridine rings is 2. The lowest BCUT2D eigenvalue weighted by molar-refractivity contribution is -0.116. The molecule has 0 saturated heterocycles. The normalized spacial score (nSPS) is 11.4. The van der Waals surface area contributed by atoms with Crippen LogP contribution < -0.4 is 5.32 Å². The van der Waals surface area contributed by atoms with Crippen molar-refractivity contribution in [2.75, 3.05) is 5.32 Å². The Morgan fingerprint density at radius 2 is 1.97 bits per heavy atom. The first-order valence-corrected chi connectivity index (χ1v) is 12.8. The molecule has 0 atom stereocenters. The van der Waals surface area contributed by atoms with Gasteiger partial charge in [-0.2, -0.15) is 16.4 Å². The van der Waals surface area contributed by atoms with Crippen molar-refractivity contribution < 1.29 is 4.79 Å². The van der Waals surface area contributed by atoms with E-state index in [0.717, 1.165) is 51.8 Å². The lowest BCUT2D eigenvalue weighted by Gasteiger charge is -2.07. The molecule has 6 aromatic rings. The molecule has 3 N–H and O–H groups in total. The Kier molecular flexibility index (Phi) is 5.74. The summed E-state index contributed by atoms with van der Waals surface area (Å²) in [6, 6.07) is 14.0. The van der Waals surface area contributed by atoms with Crippen LogP contribution in [0.25, 0.3) is 56.0 Å². The highest BCUT2D eigenvalue weighted by Gasteiger charge is 2.17. The number of carbonyl (C=O) groups is 1. The molecule has 0 radical (unpaired) electrons. The quantitative estimate of drug-likeness (QED) is 0.237. The maximum Gasteiger partial charge on any atom is 0.224 e. The summed E-state index contributed by atoms with van der Waals surface area (Å²) >= 11 is 1.66. The van der Waals surface area contributed by atoms with Gasteiger partial charge in [-0.3, -0.25) is 14.9 Å². The number of hydrogen-bond acceptors (Lipinski definition) is 6. The fourth-order valence-electron chi connectivity index (χ4n) is 4.23. The SMILES string of the molecule is CCCCC(=O)Nc1cncc(-c2ccc3[nH]nc(-c4nc5c(-c6ccsc6)cccc5[nH]4)c3n2)c1. The third kappa shape index (κ3) is 4.14. The average molecular weight is 494 g/mol. The van der Waals surface area contributed by atoms with E-state index in [-0.39, 0.29) is 5.91 Å². The molecule has 0 aliphatic carbocycles. The Bertz CT molecular complexity index is 1680. The zero-order chi connectivity index (χ0) is 24.5. The molecule has 178 valence electrons. The molecule has 8 nitrogen and oxygen atoms in total. The van der Waals surface area contributed by atoms with Crippen LogP contribution in [0.4, 0.5) is 5.69 Å². The molecule has 0 saturated carbocycles. The minimum absolute atomic E-state index is 0.0111. The molecular weight excluding hydrogens is 470 g/mol. The number of thiophene rings is 1. The van der Waals surface area contributed by atoms with Gasteiger partial charge in [0.2, 0.25) is 5.91 Å². The molecule has 0 spiro atoms. The van der Waals surface area contributed by atoms with Gasteiger partial charge in [-0.25, -0.2) is 9.97 Å². The fraction of sp³-hybridized carbons (Fsp3) is 0.148. The molecule has 0 aliphatic heterocycles. The van der Waals surface area contributed by atoms with Gasteiger partial charge in [0.25, 0.3) is 0 Å². The summed E-state index contributed by atoms with van der Waals surface area (Å²) in [7, 11) is 0. The standard InChI is InChI=1S/C27H23N7OS/c1-2-3-7-23(35)29-18-12-17(13-28-14-18)20-8-9-22-25(30-20)26(34-33-22)27-31-21-6-4-5-19(24(21)32-27)16-10-11-36-15-16/h4-6,8-15H,2-3,7H2,1H3,(H,29,35)(H,31,32)(H,33,34). The fourth-order valence-corrected chi connectivity index (χ4v) is 4.88. The summed E-state index contributed by atoms with van der Waals surface area (Å²) in [6.07, 6.45) is 5.72. The van der Waals surface area contributed by atoms with Crippen molar-refractivity contribution in [2.24, 2.45) is 0 Å². The minimum atomic E-state index is -0.0111. The van der Waals surface area contributed by atoms with E-state index in [1.807, 2.05) is 30.3 Å². The van der Waals surface area contributed by atoms with Crippen molar-refractivity contribution in [3.05, 3.63) is 65.6 Å². The Labute approximate surface area is 210 Å². The predicted molar refractivity (Wildman–Crippen MR) is 144 cm³/mol. The van der Waals surface area contributed by atoms with Crippen molar-refractivity contribution in [3.8, 4) is 33.9 Å². The number of aromatic amines is 2. The topological polar surface area (TPSA) is 112 Å². The van der Waals surface area contributed by atoms with Gasteiger partial charge in [-0.1, -0.05) is 25.5 Å². The van der Waals surface area contributed by atoms with E-state index in [1.54, 1.807) is 23.7 Å². The largest absolute Gasteiger partial charge is 0.336 e. The molecule has 5 aromatic heterocycles. The number of nitrogens with one attached hydrogen (secondary N) is 3. The van der Waals surface area contributed by atoms with Crippen LogP contribution in [0, 0.1) is 0 Å². The van der Waals surface area contributed by atoms with Crippen molar-refractivity contribution in [1.82, 2.24) is 30.1 Å². The van der Waals surface area contributed by atoms with E-state index in [1.165, 1.54) is 0 Å². The van der Waals surface area contributed by atoms with Gasteiger partial charge in [0, 0.05) is 23.7 Å². The van der Waals surface area contributed by atoms with Crippen LogP contribution in [0.2, 0.25) is 0 Å². The molecule has 1 aromatic carbocycles. The number of nitrogens with zero attached hydrogens (tertiary/aromatic N) is 4.